The summed E-state index contributed by atoms with van der Waals surface area (Å²) in [6.45, 7) is 8.66. The lowest BCUT2D eigenvalue weighted by Crippen LogP contribution is -2.53. The Hall–Kier alpha value is -2.16. The molecule has 0 bridgehead atoms. The van der Waals surface area contributed by atoms with E-state index in [0.29, 0.717) is 37.1 Å². The largest absolute Gasteiger partial charge is 0.490 e. The Morgan fingerprint density at radius 1 is 1.18 bits per heavy atom. The third kappa shape index (κ3) is 6.93. The Labute approximate surface area is 203 Å². The number of carbonyl (C=O) groups is 2. The summed E-state index contributed by atoms with van der Waals surface area (Å²) in [5, 5.41) is 9.10. The highest BCUT2D eigenvalue weighted by atomic mass is 16.5. The molecule has 0 aromatic heterocycles. The molecule has 4 rings (SSSR count). The molecule has 2 heterocycles. The number of hydrogen-bond donors (Lipinski definition) is 3. The lowest BCUT2D eigenvalue weighted by Gasteiger charge is -2.46. The van der Waals surface area contributed by atoms with Crippen molar-refractivity contribution in [3.63, 3.8) is 0 Å². The molecule has 34 heavy (non-hydrogen) atoms. The minimum atomic E-state index is -0.171. The molecule has 0 radical (unpaired) electrons. The van der Waals surface area contributed by atoms with Gasteiger partial charge >= 0.3 is 0 Å². The molecule has 1 aliphatic carbocycles. The van der Waals surface area contributed by atoms with Crippen molar-refractivity contribution in [3.05, 3.63) is 29.8 Å². The molecular formula is C26H40N4O4. The van der Waals surface area contributed by atoms with Gasteiger partial charge in [0.25, 0.3) is 5.91 Å². The maximum absolute atomic E-state index is 12.6. The van der Waals surface area contributed by atoms with Crippen LogP contribution in [-0.4, -0.2) is 73.9 Å². The van der Waals surface area contributed by atoms with Crippen LogP contribution in [0.25, 0.3) is 0 Å². The molecule has 3 aliphatic rings. The second-order valence-electron chi connectivity index (χ2n) is 10.2. The topological polar surface area (TPSA) is 91.9 Å². The van der Waals surface area contributed by atoms with E-state index < -0.39 is 0 Å². The zero-order valence-electron chi connectivity index (χ0n) is 20.6. The molecule has 8 heteroatoms. The quantitative estimate of drug-likeness (QED) is 0.538. The second kappa shape index (κ2) is 12.0. The summed E-state index contributed by atoms with van der Waals surface area (Å²) < 4.78 is 11.6. The molecule has 3 N–H and O–H groups in total. The van der Waals surface area contributed by atoms with Crippen LogP contribution in [0.15, 0.2) is 24.3 Å². The van der Waals surface area contributed by atoms with Crippen molar-refractivity contribution < 1.29 is 19.1 Å². The average molecular weight is 473 g/mol. The first-order chi connectivity index (χ1) is 16.5. The third-order valence-electron chi connectivity index (χ3n) is 7.29. The van der Waals surface area contributed by atoms with E-state index >= 15 is 0 Å². The van der Waals surface area contributed by atoms with Gasteiger partial charge in [-0.2, -0.15) is 0 Å². The van der Waals surface area contributed by atoms with Crippen LogP contribution in [-0.2, 0) is 9.53 Å². The molecule has 1 aromatic carbocycles. The minimum absolute atomic E-state index is 0.0542. The summed E-state index contributed by atoms with van der Waals surface area (Å²) in [7, 11) is 0. The van der Waals surface area contributed by atoms with Gasteiger partial charge in [0.1, 0.15) is 18.6 Å². The average Bonchev–Trinajstić information content (AvgIpc) is 2.80. The molecule has 1 aromatic rings. The molecule has 1 unspecified atom stereocenters. The highest BCUT2D eigenvalue weighted by Gasteiger charge is 2.37. The van der Waals surface area contributed by atoms with Crippen LogP contribution in [0.2, 0.25) is 0 Å². The molecule has 1 saturated carbocycles. The monoisotopic (exact) mass is 472 g/mol. The van der Waals surface area contributed by atoms with Crippen LogP contribution in [0.4, 0.5) is 0 Å². The van der Waals surface area contributed by atoms with Crippen LogP contribution >= 0.6 is 0 Å². The van der Waals surface area contributed by atoms with Crippen LogP contribution in [0.1, 0.15) is 62.7 Å². The van der Waals surface area contributed by atoms with Crippen LogP contribution in [0.5, 0.6) is 5.75 Å². The highest BCUT2D eigenvalue weighted by molar-refractivity contribution is 5.94. The summed E-state index contributed by atoms with van der Waals surface area (Å²) in [6, 6.07) is 8.33. The zero-order valence-corrected chi connectivity index (χ0v) is 20.6. The van der Waals surface area contributed by atoms with Gasteiger partial charge in [0.15, 0.2) is 0 Å². The maximum atomic E-state index is 12.6. The van der Waals surface area contributed by atoms with E-state index in [1.54, 1.807) is 12.1 Å². The molecule has 188 valence electrons. The number of amides is 2. The van der Waals surface area contributed by atoms with E-state index in [1.807, 2.05) is 12.1 Å². The van der Waals surface area contributed by atoms with Gasteiger partial charge in [-0.25, -0.2) is 0 Å². The number of hydrogen-bond acceptors (Lipinski definition) is 6. The molecule has 2 aliphatic heterocycles. The van der Waals surface area contributed by atoms with Crippen molar-refractivity contribution in [3.8, 4) is 5.75 Å². The van der Waals surface area contributed by atoms with Gasteiger partial charge in [-0.1, -0.05) is 0 Å². The van der Waals surface area contributed by atoms with Crippen LogP contribution in [0, 0.1) is 5.92 Å². The smallest absolute Gasteiger partial charge is 0.251 e. The molecule has 8 nitrogen and oxygen atoms in total. The van der Waals surface area contributed by atoms with E-state index in [1.165, 1.54) is 19.4 Å². The number of ether oxygens (including phenoxy) is 2. The summed E-state index contributed by atoms with van der Waals surface area (Å²) in [6.07, 6.45) is 5.85. The predicted octanol–water partition coefficient (Wildman–Crippen LogP) is 2.29. The first kappa shape index (κ1) is 24.9. The second-order valence-corrected chi connectivity index (χ2v) is 10.2. The molecule has 1 atom stereocenters. The lowest BCUT2D eigenvalue weighted by atomic mass is 9.85. The summed E-state index contributed by atoms with van der Waals surface area (Å²) >= 11 is 0. The molecule has 0 spiro atoms. The minimum Gasteiger partial charge on any atom is -0.490 e. The number of piperidine rings is 1. The first-order valence-electron chi connectivity index (χ1n) is 12.9. The molecule has 3 fully saturated rings. The van der Waals surface area contributed by atoms with E-state index in [9.17, 15) is 9.59 Å². The zero-order chi connectivity index (χ0) is 23.9. The van der Waals surface area contributed by atoms with Gasteiger partial charge in [-0.05, 0) is 76.4 Å². The van der Waals surface area contributed by atoms with Gasteiger partial charge in [-0.3, -0.25) is 14.5 Å². The summed E-state index contributed by atoms with van der Waals surface area (Å²) in [4.78, 5) is 26.8. The Bertz CT molecular complexity index is 804. The Morgan fingerprint density at radius 2 is 1.91 bits per heavy atom. The van der Waals surface area contributed by atoms with Crippen LogP contribution in [0.3, 0.4) is 0 Å². The molecule has 2 amide bonds. The fourth-order valence-corrected chi connectivity index (χ4v) is 5.12. The van der Waals surface area contributed by atoms with Crippen molar-refractivity contribution in [1.29, 1.82) is 0 Å². The number of nitrogens with zero attached hydrogens (tertiary/aromatic N) is 1. The summed E-state index contributed by atoms with van der Waals surface area (Å²) in [5.74, 6) is 1.39. The van der Waals surface area contributed by atoms with Crippen molar-refractivity contribution in [2.24, 2.45) is 5.92 Å². The fourth-order valence-electron chi connectivity index (χ4n) is 5.12. The maximum Gasteiger partial charge on any atom is 0.251 e. The Kier molecular flexibility index (Phi) is 8.80. The standard InChI is InChI=1S/C26H40N4O4/c1-18(2)30(15-19-9-11-27-12-10-19)22-13-24(14-22)34-23-6-3-20(4-7-23)26(32)29-21-5-8-25(31)28-17-33-16-21/h3-4,6-7,18-19,21-22,24,27H,5,8-17H2,1-2H3,(H,28,31)(H,29,32)/t21?,22-,24-. The van der Waals surface area contributed by atoms with Gasteiger partial charge in [0.2, 0.25) is 5.91 Å². The Morgan fingerprint density at radius 3 is 2.62 bits per heavy atom. The van der Waals surface area contributed by atoms with Crippen molar-refractivity contribution >= 4 is 11.8 Å². The van der Waals surface area contributed by atoms with E-state index in [-0.39, 0.29) is 30.7 Å². The normalized spacial score (nSPS) is 26.4. The van der Waals surface area contributed by atoms with Gasteiger partial charge in [0.05, 0.1) is 12.6 Å². The SMILES string of the molecule is CC(C)N(CC1CCNCC1)[C@H]1C[C@H](Oc2ccc(C(=O)NC3CCC(=O)NCOC3)cc2)C1. The van der Waals surface area contributed by atoms with Gasteiger partial charge < -0.3 is 25.4 Å². The number of nitrogens with one attached hydrogen (secondary N) is 3. The van der Waals surface area contributed by atoms with Crippen molar-refractivity contribution in [2.75, 3.05) is 33.0 Å². The van der Waals surface area contributed by atoms with E-state index in [4.69, 9.17) is 9.47 Å². The van der Waals surface area contributed by atoms with Crippen molar-refractivity contribution in [2.45, 2.75) is 76.6 Å². The molecule has 2 saturated heterocycles. The summed E-state index contributed by atoms with van der Waals surface area (Å²) in [5.41, 5.74) is 0.582. The van der Waals surface area contributed by atoms with E-state index in [0.717, 1.165) is 37.6 Å². The first-order valence-corrected chi connectivity index (χ1v) is 12.9. The van der Waals surface area contributed by atoms with Gasteiger partial charge in [-0.15, -0.1) is 0 Å². The number of carbonyl (C=O) groups excluding carboxylic acids is 2. The molecular weight excluding hydrogens is 432 g/mol. The van der Waals surface area contributed by atoms with Crippen LogP contribution < -0.4 is 20.7 Å². The predicted molar refractivity (Wildman–Crippen MR) is 131 cm³/mol. The highest BCUT2D eigenvalue weighted by Crippen LogP contribution is 2.32. The Balaban J connectivity index is 1.22. The number of benzene rings is 1. The van der Waals surface area contributed by atoms with Gasteiger partial charge in [0, 0.05) is 43.5 Å². The lowest BCUT2D eigenvalue weighted by molar-refractivity contribution is -0.124. The third-order valence-corrected chi connectivity index (χ3v) is 7.29. The number of rotatable bonds is 8. The fraction of sp³-hybridized carbons (Fsp3) is 0.692. The van der Waals surface area contributed by atoms with E-state index in [2.05, 4.69) is 34.7 Å². The van der Waals surface area contributed by atoms with Crippen molar-refractivity contribution in [1.82, 2.24) is 20.9 Å².